The Bertz CT molecular complexity index is 555. The van der Waals surface area contributed by atoms with E-state index in [1.165, 1.54) is 11.5 Å². The van der Waals surface area contributed by atoms with E-state index in [2.05, 4.69) is 22.0 Å². The third-order valence-corrected chi connectivity index (χ3v) is 4.49. The molecular formula is C15H19N3O2S. The lowest BCUT2D eigenvalue weighted by Crippen LogP contribution is -2.34. The highest BCUT2D eigenvalue weighted by Gasteiger charge is 2.23. The van der Waals surface area contributed by atoms with Crippen LogP contribution in [0.4, 0.5) is 0 Å². The number of thioether (sulfide) groups is 1. The van der Waals surface area contributed by atoms with E-state index in [-0.39, 0.29) is 6.04 Å². The van der Waals surface area contributed by atoms with Gasteiger partial charge in [-0.2, -0.15) is 16.7 Å². The van der Waals surface area contributed by atoms with E-state index in [1.807, 2.05) is 42.1 Å². The second kappa shape index (κ2) is 6.95. The summed E-state index contributed by atoms with van der Waals surface area (Å²) in [6, 6.07) is 9.83. The molecule has 2 aromatic rings. The second-order valence-corrected chi connectivity index (χ2v) is 6.20. The summed E-state index contributed by atoms with van der Waals surface area (Å²) in [5, 5.41) is 4.00. The molecule has 1 aromatic carbocycles. The van der Waals surface area contributed by atoms with Gasteiger partial charge in [0.05, 0.1) is 6.04 Å². The molecule has 21 heavy (non-hydrogen) atoms. The van der Waals surface area contributed by atoms with Crippen molar-refractivity contribution < 1.29 is 9.26 Å². The van der Waals surface area contributed by atoms with Crippen molar-refractivity contribution in [2.24, 2.45) is 0 Å². The van der Waals surface area contributed by atoms with E-state index in [1.54, 1.807) is 0 Å². The Hall–Kier alpha value is -1.53. The highest BCUT2D eigenvalue weighted by atomic mass is 32.2. The third kappa shape index (κ3) is 3.77. The molecule has 5 nitrogen and oxygen atoms in total. The van der Waals surface area contributed by atoms with Gasteiger partial charge >= 0.3 is 0 Å². The zero-order chi connectivity index (χ0) is 14.5. The van der Waals surface area contributed by atoms with Crippen LogP contribution in [-0.4, -0.2) is 39.6 Å². The number of aromatic nitrogens is 2. The minimum absolute atomic E-state index is 0.170. The van der Waals surface area contributed by atoms with E-state index in [0.29, 0.717) is 18.3 Å². The lowest BCUT2D eigenvalue weighted by Gasteiger charge is -2.29. The van der Waals surface area contributed by atoms with Gasteiger partial charge in [0.2, 0.25) is 11.7 Å². The van der Waals surface area contributed by atoms with Crippen LogP contribution in [-0.2, 0) is 6.61 Å². The van der Waals surface area contributed by atoms with Crippen LogP contribution in [0.2, 0.25) is 0 Å². The van der Waals surface area contributed by atoms with Gasteiger partial charge in [-0.15, -0.1) is 0 Å². The number of ether oxygens (including phenoxy) is 1. The number of hydrogen-bond donors (Lipinski definition) is 0. The Labute approximate surface area is 128 Å². The van der Waals surface area contributed by atoms with Gasteiger partial charge in [-0.3, -0.25) is 4.90 Å². The fourth-order valence-corrected chi connectivity index (χ4v) is 3.21. The molecule has 2 heterocycles. The van der Waals surface area contributed by atoms with Crippen molar-refractivity contribution in [2.45, 2.75) is 19.6 Å². The van der Waals surface area contributed by atoms with E-state index in [9.17, 15) is 0 Å². The molecule has 3 rings (SSSR count). The summed E-state index contributed by atoms with van der Waals surface area (Å²) in [6.45, 7) is 4.59. The third-order valence-electron chi connectivity index (χ3n) is 3.55. The summed E-state index contributed by atoms with van der Waals surface area (Å²) in [7, 11) is 0. The first-order valence-electron chi connectivity index (χ1n) is 7.15. The number of benzene rings is 1. The number of para-hydroxylation sites is 1. The highest BCUT2D eigenvalue weighted by Crippen LogP contribution is 2.22. The second-order valence-electron chi connectivity index (χ2n) is 4.97. The van der Waals surface area contributed by atoms with Gasteiger partial charge in [0.1, 0.15) is 5.75 Å². The van der Waals surface area contributed by atoms with E-state index in [0.717, 1.165) is 18.8 Å². The Morgan fingerprint density at radius 3 is 2.81 bits per heavy atom. The molecule has 0 amide bonds. The minimum Gasteiger partial charge on any atom is -0.485 e. The Balaban J connectivity index is 1.58. The van der Waals surface area contributed by atoms with Crippen LogP contribution in [0, 0.1) is 0 Å². The lowest BCUT2D eigenvalue weighted by molar-refractivity contribution is 0.188. The monoisotopic (exact) mass is 305 g/mol. The van der Waals surface area contributed by atoms with Crippen LogP contribution in [0.1, 0.15) is 24.7 Å². The molecule has 0 unspecified atom stereocenters. The molecule has 1 aromatic heterocycles. The maximum atomic E-state index is 5.63. The number of hydrogen-bond acceptors (Lipinski definition) is 6. The Morgan fingerprint density at radius 1 is 1.29 bits per heavy atom. The molecule has 0 N–H and O–H groups in total. The molecular weight excluding hydrogens is 286 g/mol. The SMILES string of the molecule is C[C@@H](c1nc(COc2ccccc2)no1)N1CCSCC1. The Morgan fingerprint density at radius 2 is 2.05 bits per heavy atom. The summed E-state index contributed by atoms with van der Waals surface area (Å²) in [6.07, 6.45) is 0. The van der Waals surface area contributed by atoms with Crippen molar-refractivity contribution in [3.8, 4) is 5.75 Å². The van der Waals surface area contributed by atoms with Crippen molar-refractivity contribution in [3.05, 3.63) is 42.0 Å². The molecule has 1 aliphatic heterocycles. The van der Waals surface area contributed by atoms with E-state index < -0.39 is 0 Å². The predicted molar refractivity (Wildman–Crippen MR) is 82.4 cm³/mol. The van der Waals surface area contributed by atoms with Crippen molar-refractivity contribution >= 4 is 11.8 Å². The van der Waals surface area contributed by atoms with Crippen molar-refractivity contribution in [2.75, 3.05) is 24.6 Å². The maximum Gasteiger partial charge on any atom is 0.243 e. The fourth-order valence-electron chi connectivity index (χ4n) is 2.28. The Kier molecular flexibility index (Phi) is 4.77. The van der Waals surface area contributed by atoms with Crippen LogP contribution >= 0.6 is 11.8 Å². The van der Waals surface area contributed by atoms with Crippen LogP contribution < -0.4 is 4.74 Å². The first kappa shape index (κ1) is 14.4. The van der Waals surface area contributed by atoms with Gasteiger partial charge in [0.25, 0.3) is 0 Å². The summed E-state index contributed by atoms with van der Waals surface area (Å²) in [5.41, 5.74) is 0. The highest BCUT2D eigenvalue weighted by molar-refractivity contribution is 7.99. The van der Waals surface area contributed by atoms with Crippen LogP contribution in [0.5, 0.6) is 5.75 Å². The van der Waals surface area contributed by atoms with Gasteiger partial charge in [-0.1, -0.05) is 23.4 Å². The van der Waals surface area contributed by atoms with Gasteiger partial charge in [0.15, 0.2) is 6.61 Å². The van der Waals surface area contributed by atoms with Gasteiger partial charge < -0.3 is 9.26 Å². The smallest absolute Gasteiger partial charge is 0.243 e. The minimum atomic E-state index is 0.170. The summed E-state index contributed by atoms with van der Waals surface area (Å²) in [5.74, 6) is 4.41. The van der Waals surface area contributed by atoms with Crippen LogP contribution in [0.15, 0.2) is 34.9 Å². The molecule has 6 heteroatoms. The van der Waals surface area contributed by atoms with Gasteiger partial charge in [0, 0.05) is 24.6 Å². The zero-order valence-corrected chi connectivity index (χ0v) is 12.9. The summed E-state index contributed by atoms with van der Waals surface area (Å²) < 4.78 is 11.0. The first-order valence-corrected chi connectivity index (χ1v) is 8.30. The maximum absolute atomic E-state index is 5.63. The van der Waals surface area contributed by atoms with Gasteiger partial charge in [-0.05, 0) is 19.1 Å². The largest absolute Gasteiger partial charge is 0.485 e. The van der Waals surface area contributed by atoms with Crippen molar-refractivity contribution in [1.29, 1.82) is 0 Å². The molecule has 1 aliphatic rings. The molecule has 0 aliphatic carbocycles. The summed E-state index contributed by atoms with van der Waals surface area (Å²) in [4.78, 5) is 6.83. The first-order chi connectivity index (χ1) is 10.3. The van der Waals surface area contributed by atoms with Crippen molar-refractivity contribution in [1.82, 2.24) is 15.0 Å². The molecule has 1 saturated heterocycles. The standard InChI is InChI=1S/C15H19N3O2S/c1-12(18-7-9-21-10-8-18)15-16-14(17-20-15)11-19-13-5-3-2-4-6-13/h2-6,12H,7-11H2,1H3/t12-/m0/s1. The zero-order valence-electron chi connectivity index (χ0n) is 12.1. The average Bonchev–Trinajstić information content (AvgIpc) is 3.03. The molecule has 112 valence electrons. The molecule has 0 bridgehead atoms. The fraction of sp³-hybridized carbons (Fsp3) is 0.467. The average molecular weight is 305 g/mol. The number of rotatable bonds is 5. The topological polar surface area (TPSA) is 51.4 Å². The van der Waals surface area contributed by atoms with E-state index in [4.69, 9.17) is 9.26 Å². The molecule has 0 saturated carbocycles. The molecule has 1 fully saturated rings. The quantitative estimate of drug-likeness (QED) is 0.846. The molecule has 0 spiro atoms. The predicted octanol–water partition coefficient (Wildman–Crippen LogP) is 2.76. The lowest BCUT2D eigenvalue weighted by atomic mass is 10.3. The molecule has 1 atom stereocenters. The van der Waals surface area contributed by atoms with Gasteiger partial charge in [-0.25, -0.2) is 0 Å². The summed E-state index contributed by atoms with van der Waals surface area (Å²) >= 11 is 1.99. The number of nitrogens with zero attached hydrogens (tertiary/aromatic N) is 3. The van der Waals surface area contributed by atoms with Crippen molar-refractivity contribution in [3.63, 3.8) is 0 Å². The molecule has 0 radical (unpaired) electrons. The normalized spacial score (nSPS) is 17.6. The van der Waals surface area contributed by atoms with Crippen LogP contribution in [0.3, 0.4) is 0 Å². The van der Waals surface area contributed by atoms with Crippen LogP contribution in [0.25, 0.3) is 0 Å². The van der Waals surface area contributed by atoms with E-state index >= 15 is 0 Å².